The molecule has 0 spiro atoms. The highest BCUT2D eigenvalue weighted by atomic mass is 16.5. The molecule has 2 aliphatic rings. The Bertz CT molecular complexity index is 1060. The van der Waals surface area contributed by atoms with E-state index in [1.807, 2.05) is 0 Å². The van der Waals surface area contributed by atoms with Crippen LogP contribution < -0.4 is 10.5 Å². The molecule has 8 heteroatoms. The molecular formula is C21H21NO7. The lowest BCUT2D eigenvalue weighted by Gasteiger charge is -2.38. The summed E-state index contributed by atoms with van der Waals surface area (Å²) in [5.74, 6) is -1.88. The van der Waals surface area contributed by atoms with Crippen LogP contribution in [0.1, 0.15) is 49.4 Å². The predicted octanol–water partition coefficient (Wildman–Crippen LogP) is 0.421. The molecule has 2 atom stereocenters. The van der Waals surface area contributed by atoms with Crippen molar-refractivity contribution in [3.05, 3.63) is 51.6 Å². The van der Waals surface area contributed by atoms with Gasteiger partial charge in [0, 0.05) is 23.1 Å². The third-order valence-electron chi connectivity index (χ3n) is 6.01. The van der Waals surface area contributed by atoms with Gasteiger partial charge in [0.2, 0.25) is 5.78 Å². The first kappa shape index (κ1) is 19.4. The molecule has 0 heterocycles. The number of hydrogen-bond acceptors (Lipinski definition) is 8. The zero-order chi connectivity index (χ0) is 21.1. The van der Waals surface area contributed by atoms with Crippen LogP contribution in [0, 0.1) is 0 Å². The Morgan fingerprint density at radius 1 is 1.10 bits per heavy atom. The summed E-state index contributed by atoms with van der Waals surface area (Å²) in [4.78, 5) is 26.3. The maximum Gasteiger partial charge on any atom is 0.202 e. The van der Waals surface area contributed by atoms with Crippen LogP contribution in [0.3, 0.4) is 0 Å². The van der Waals surface area contributed by atoms with Gasteiger partial charge in [0.25, 0.3) is 0 Å². The number of ketones is 2. The average molecular weight is 399 g/mol. The smallest absolute Gasteiger partial charge is 0.202 e. The van der Waals surface area contributed by atoms with Crippen molar-refractivity contribution in [1.29, 1.82) is 0 Å². The first-order valence-corrected chi connectivity index (χ1v) is 9.20. The van der Waals surface area contributed by atoms with Crippen LogP contribution in [0.2, 0.25) is 0 Å². The number of carbonyl (C=O) groups excluding carboxylic acids is 2. The van der Waals surface area contributed by atoms with Crippen molar-refractivity contribution < 1.29 is 34.8 Å². The van der Waals surface area contributed by atoms with Crippen LogP contribution in [0.15, 0.2) is 18.2 Å². The first-order valence-electron chi connectivity index (χ1n) is 9.20. The SMILES string of the molecule is COc1cccc2c1C(=O)c1c(O)c3c(c(O)c1C2=O)C[C@@](O)(C(N)CO)CC3. The standard InChI is InChI=1S/C21H21NO7/c1-29-12-4-2-3-10-14(12)20(27)16-15(18(10)25)19(26)11-7-21(28,13(22)8-23)6-5-9(11)17(16)24/h2-4,13,23-24,26,28H,5-8,22H2,1H3/t13?,21-/m1/s1. The molecule has 29 heavy (non-hydrogen) atoms. The number of benzene rings is 2. The van der Waals surface area contributed by atoms with Crippen molar-refractivity contribution in [3.8, 4) is 17.2 Å². The second-order valence-corrected chi connectivity index (χ2v) is 7.51. The molecule has 0 radical (unpaired) electrons. The van der Waals surface area contributed by atoms with Crippen LogP contribution in [0.5, 0.6) is 17.2 Å². The quantitative estimate of drug-likeness (QED) is 0.398. The number of methoxy groups -OCH3 is 1. The van der Waals surface area contributed by atoms with Crippen molar-refractivity contribution in [2.75, 3.05) is 13.7 Å². The van der Waals surface area contributed by atoms with Gasteiger partial charge in [-0.3, -0.25) is 9.59 Å². The summed E-state index contributed by atoms with van der Waals surface area (Å²) >= 11 is 0. The minimum atomic E-state index is -1.51. The van der Waals surface area contributed by atoms with E-state index in [-0.39, 0.29) is 64.1 Å². The lowest BCUT2D eigenvalue weighted by molar-refractivity contribution is -0.0158. The van der Waals surface area contributed by atoms with Crippen molar-refractivity contribution in [3.63, 3.8) is 0 Å². The predicted molar refractivity (Wildman–Crippen MR) is 102 cm³/mol. The number of phenols is 2. The lowest BCUT2D eigenvalue weighted by atomic mass is 9.72. The number of ether oxygens (including phenoxy) is 1. The van der Waals surface area contributed by atoms with E-state index in [1.54, 1.807) is 12.1 Å². The molecular weight excluding hydrogens is 378 g/mol. The van der Waals surface area contributed by atoms with Gasteiger partial charge in [0.05, 0.1) is 42.0 Å². The van der Waals surface area contributed by atoms with Crippen LogP contribution in [-0.2, 0) is 12.8 Å². The second-order valence-electron chi connectivity index (χ2n) is 7.51. The molecule has 0 fully saturated rings. The van der Waals surface area contributed by atoms with Crippen molar-refractivity contribution in [1.82, 2.24) is 0 Å². The van der Waals surface area contributed by atoms with E-state index in [9.17, 15) is 30.0 Å². The summed E-state index contributed by atoms with van der Waals surface area (Å²) in [6.07, 6.45) is 0.0746. The zero-order valence-electron chi connectivity index (χ0n) is 15.7. The molecule has 2 aromatic carbocycles. The van der Waals surface area contributed by atoms with E-state index in [0.717, 1.165) is 0 Å². The van der Waals surface area contributed by atoms with Gasteiger partial charge in [-0.2, -0.15) is 0 Å². The number of hydrogen-bond donors (Lipinski definition) is 5. The van der Waals surface area contributed by atoms with Gasteiger partial charge in [-0.1, -0.05) is 12.1 Å². The number of nitrogens with two attached hydrogens (primary N) is 1. The third kappa shape index (κ3) is 2.57. The molecule has 8 nitrogen and oxygen atoms in total. The second kappa shape index (κ2) is 6.55. The lowest BCUT2D eigenvalue weighted by Crippen LogP contribution is -2.53. The minimum absolute atomic E-state index is 0.0387. The molecule has 0 amide bonds. The molecule has 0 aliphatic heterocycles. The first-order chi connectivity index (χ1) is 13.7. The number of fused-ring (bicyclic) bond motifs is 3. The fraction of sp³-hybridized carbons (Fsp3) is 0.333. The van der Waals surface area contributed by atoms with E-state index >= 15 is 0 Å². The molecule has 1 unspecified atom stereocenters. The molecule has 0 aromatic heterocycles. The maximum absolute atomic E-state index is 13.2. The van der Waals surface area contributed by atoms with Crippen LogP contribution in [0.25, 0.3) is 0 Å². The Morgan fingerprint density at radius 3 is 2.41 bits per heavy atom. The fourth-order valence-corrected chi connectivity index (χ4v) is 4.33. The monoisotopic (exact) mass is 399 g/mol. The molecule has 152 valence electrons. The number of aliphatic hydroxyl groups excluding tert-OH is 1. The van der Waals surface area contributed by atoms with Crippen LogP contribution >= 0.6 is 0 Å². The van der Waals surface area contributed by atoms with Crippen LogP contribution in [0.4, 0.5) is 0 Å². The van der Waals surface area contributed by atoms with E-state index in [2.05, 4.69) is 0 Å². The Kier molecular flexibility index (Phi) is 4.38. The zero-order valence-corrected chi connectivity index (χ0v) is 15.7. The Hall–Kier alpha value is -2.94. The van der Waals surface area contributed by atoms with Gasteiger partial charge < -0.3 is 30.9 Å². The number of carbonyl (C=O) groups is 2. The summed E-state index contributed by atoms with van der Waals surface area (Å²) in [7, 11) is 1.37. The normalized spacial score (nSPS) is 21.2. The van der Waals surface area contributed by atoms with Gasteiger partial charge in [-0.05, 0) is 18.9 Å². The summed E-state index contributed by atoms with van der Waals surface area (Å²) in [5.41, 5.74) is 4.31. The van der Waals surface area contributed by atoms with E-state index < -0.39 is 35.6 Å². The minimum Gasteiger partial charge on any atom is -0.507 e. The highest BCUT2D eigenvalue weighted by molar-refractivity contribution is 6.31. The number of aliphatic hydroxyl groups is 2. The molecule has 0 saturated heterocycles. The molecule has 0 bridgehead atoms. The van der Waals surface area contributed by atoms with E-state index in [1.165, 1.54) is 13.2 Å². The number of aromatic hydroxyl groups is 2. The summed E-state index contributed by atoms with van der Waals surface area (Å²) in [6, 6.07) is 3.59. The topological polar surface area (TPSA) is 150 Å². The maximum atomic E-state index is 13.2. The fourth-order valence-electron chi connectivity index (χ4n) is 4.33. The Balaban J connectivity index is 1.95. The summed E-state index contributed by atoms with van der Waals surface area (Å²) in [5, 5.41) is 41.9. The van der Waals surface area contributed by atoms with E-state index in [4.69, 9.17) is 10.5 Å². The summed E-state index contributed by atoms with van der Waals surface area (Å²) < 4.78 is 5.21. The molecule has 6 N–H and O–H groups in total. The number of rotatable bonds is 3. The largest absolute Gasteiger partial charge is 0.507 e. The summed E-state index contributed by atoms with van der Waals surface area (Å²) in [6.45, 7) is -0.464. The number of phenolic OH excluding ortho intramolecular Hbond substituents is 2. The molecule has 2 aromatic rings. The highest BCUT2D eigenvalue weighted by Crippen LogP contribution is 2.48. The van der Waals surface area contributed by atoms with Gasteiger partial charge in [-0.25, -0.2) is 0 Å². The van der Waals surface area contributed by atoms with Gasteiger partial charge >= 0.3 is 0 Å². The van der Waals surface area contributed by atoms with Gasteiger partial charge in [-0.15, -0.1) is 0 Å². The van der Waals surface area contributed by atoms with Gasteiger partial charge in [0.1, 0.15) is 17.2 Å². The third-order valence-corrected chi connectivity index (χ3v) is 6.01. The highest BCUT2D eigenvalue weighted by Gasteiger charge is 2.44. The van der Waals surface area contributed by atoms with Crippen molar-refractivity contribution in [2.45, 2.75) is 30.9 Å². The van der Waals surface area contributed by atoms with Crippen molar-refractivity contribution >= 4 is 11.6 Å². The molecule has 2 aliphatic carbocycles. The van der Waals surface area contributed by atoms with E-state index in [0.29, 0.717) is 0 Å². The Morgan fingerprint density at radius 2 is 1.76 bits per heavy atom. The Labute approximate surface area is 166 Å². The molecule has 4 rings (SSSR count). The molecule has 0 saturated carbocycles. The van der Waals surface area contributed by atoms with Crippen LogP contribution in [-0.4, -0.2) is 57.4 Å². The average Bonchev–Trinajstić information content (AvgIpc) is 2.73. The van der Waals surface area contributed by atoms with Crippen molar-refractivity contribution in [2.24, 2.45) is 5.73 Å². The van der Waals surface area contributed by atoms with Gasteiger partial charge in [0.15, 0.2) is 5.78 Å².